The Morgan fingerprint density at radius 1 is 0.846 bits per heavy atom. The van der Waals surface area contributed by atoms with E-state index in [1.807, 2.05) is 75.4 Å². The Morgan fingerprint density at radius 3 is 2.00 bits per heavy atom. The van der Waals surface area contributed by atoms with Gasteiger partial charge < -0.3 is 0 Å². The SMILES string of the molecule is CCCCCCCCCCCCC1=CC(C)(S(=O)(=O)c2ccc(C)cc2)C(C(C)C(=O)c2ccccc2)C=C1. The number of hydrogen-bond donors (Lipinski definition) is 0. The van der Waals surface area contributed by atoms with Crippen LogP contribution in [0.25, 0.3) is 0 Å². The molecule has 0 heterocycles. The molecule has 212 valence electrons. The first-order valence-corrected chi connectivity index (χ1v) is 16.5. The Labute approximate surface area is 237 Å². The molecule has 0 saturated heterocycles. The zero-order chi connectivity index (χ0) is 28.3. The summed E-state index contributed by atoms with van der Waals surface area (Å²) in [5.74, 6) is -0.973. The lowest BCUT2D eigenvalue weighted by atomic mass is 9.75. The average Bonchev–Trinajstić information content (AvgIpc) is 2.94. The number of sulfone groups is 1. The van der Waals surface area contributed by atoms with E-state index in [1.165, 1.54) is 51.4 Å². The van der Waals surface area contributed by atoms with Gasteiger partial charge in [0.25, 0.3) is 0 Å². The van der Waals surface area contributed by atoms with Crippen LogP contribution >= 0.6 is 0 Å². The van der Waals surface area contributed by atoms with E-state index in [-0.39, 0.29) is 5.78 Å². The molecule has 3 nitrogen and oxygen atoms in total. The number of hydrogen-bond acceptors (Lipinski definition) is 3. The monoisotopic (exact) mass is 548 g/mol. The van der Waals surface area contributed by atoms with Gasteiger partial charge in [-0.3, -0.25) is 4.79 Å². The Bertz CT molecular complexity index is 1210. The average molecular weight is 549 g/mol. The van der Waals surface area contributed by atoms with E-state index < -0.39 is 26.4 Å². The molecular formula is C35H48O3S. The lowest BCUT2D eigenvalue weighted by molar-refractivity contribution is 0.0893. The van der Waals surface area contributed by atoms with E-state index in [0.717, 1.165) is 30.4 Å². The van der Waals surface area contributed by atoms with Crippen LogP contribution in [0.3, 0.4) is 0 Å². The number of benzene rings is 2. The molecule has 0 radical (unpaired) electrons. The molecule has 0 aromatic heterocycles. The summed E-state index contributed by atoms with van der Waals surface area (Å²) < 4.78 is 27.2. The number of carbonyl (C=O) groups is 1. The molecule has 0 fully saturated rings. The summed E-state index contributed by atoms with van der Waals surface area (Å²) in [6.07, 6.45) is 19.6. The van der Waals surface area contributed by atoms with Gasteiger partial charge in [0, 0.05) is 17.4 Å². The molecule has 0 amide bonds. The zero-order valence-corrected chi connectivity index (χ0v) is 25.3. The second-order valence-electron chi connectivity index (χ2n) is 11.6. The molecule has 1 aliphatic rings. The van der Waals surface area contributed by atoms with Crippen LogP contribution in [0, 0.1) is 18.8 Å². The fourth-order valence-corrected chi connectivity index (χ4v) is 7.77. The second kappa shape index (κ2) is 14.8. The number of allylic oxidation sites excluding steroid dienone is 3. The third kappa shape index (κ3) is 8.03. The number of carbonyl (C=O) groups excluding carboxylic acids is 1. The standard InChI is InChI=1S/C35H48O3S/c1-5-6-7-8-9-10-11-12-13-15-18-30-23-26-33(29(3)34(36)31-19-16-14-17-20-31)35(4,27-30)39(37,38)32-24-21-28(2)22-25-32/h14,16-17,19-27,29,33H,5-13,15,18H2,1-4H3. The first-order chi connectivity index (χ1) is 18.7. The summed E-state index contributed by atoms with van der Waals surface area (Å²) in [5, 5.41) is 0. The first kappa shape index (κ1) is 31.1. The number of Topliss-reactive ketones (excluding diaryl/α,β-unsaturated/α-hetero) is 1. The molecule has 0 N–H and O–H groups in total. The maximum absolute atomic E-state index is 14.2. The molecule has 0 bridgehead atoms. The third-order valence-electron chi connectivity index (χ3n) is 8.39. The normalized spacial score (nSPS) is 20.0. The molecule has 3 rings (SSSR count). The van der Waals surface area contributed by atoms with Crippen LogP contribution in [0.1, 0.15) is 107 Å². The number of rotatable bonds is 16. The predicted molar refractivity (Wildman–Crippen MR) is 164 cm³/mol. The minimum Gasteiger partial charge on any atom is -0.294 e. The summed E-state index contributed by atoms with van der Waals surface area (Å²) in [5.41, 5.74) is 2.70. The quantitative estimate of drug-likeness (QED) is 0.155. The van der Waals surface area contributed by atoms with Crippen LogP contribution in [0.5, 0.6) is 0 Å². The Kier molecular flexibility index (Phi) is 11.8. The van der Waals surface area contributed by atoms with Crippen LogP contribution in [0.4, 0.5) is 0 Å². The van der Waals surface area contributed by atoms with E-state index in [0.29, 0.717) is 10.5 Å². The van der Waals surface area contributed by atoms with Crippen LogP contribution < -0.4 is 0 Å². The summed E-state index contributed by atoms with van der Waals surface area (Å²) in [4.78, 5) is 13.8. The molecule has 0 spiro atoms. The molecule has 1 aliphatic carbocycles. The van der Waals surface area contributed by atoms with E-state index in [1.54, 1.807) is 12.1 Å². The molecule has 39 heavy (non-hydrogen) atoms. The van der Waals surface area contributed by atoms with Gasteiger partial charge in [-0.15, -0.1) is 0 Å². The van der Waals surface area contributed by atoms with Crippen molar-refractivity contribution in [3.63, 3.8) is 0 Å². The van der Waals surface area contributed by atoms with Crippen molar-refractivity contribution in [2.45, 2.75) is 108 Å². The van der Waals surface area contributed by atoms with E-state index in [2.05, 4.69) is 13.0 Å². The van der Waals surface area contributed by atoms with Crippen molar-refractivity contribution in [1.82, 2.24) is 0 Å². The van der Waals surface area contributed by atoms with Gasteiger partial charge in [0.05, 0.1) is 9.64 Å². The highest BCUT2D eigenvalue weighted by Crippen LogP contribution is 2.43. The lowest BCUT2D eigenvalue weighted by Gasteiger charge is -2.39. The smallest absolute Gasteiger partial charge is 0.187 e. The number of aryl methyl sites for hydroxylation is 1. The van der Waals surface area contributed by atoms with Crippen molar-refractivity contribution in [2.24, 2.45) is 11.8 Å². The second-order valence-corrected chi connectivity index (χ2v) is 13.9. The van der Waals surface area contributed by atoms with Crippen LogP contribution in [0.15, 0.2) is 83.3 Å². The minimum atomic E-state index is -3.75. The van der Waals surface area contributed by atoms with Crippen LogP contribution in [0.2, 0.25) is 0 Å². The first-order valence-electron chi connectivity index (χ1n) is 15.0. The molecule has 3 unspecified atom stereocenters. The van der Waals surface area contributed by atoms with Crippen molar-refractivity contribution in [2.75, 3.05) is 0 Å². The molecule has 2 aromatic carbocycles. The van der Waals surface area contributed by atoms with E-state index >= 15 is 0 Å². The molecule has 3 atom stereocenters. The maximum atomic E-state index is 14.2. The van der Waals surface area contributed by atoms with Crippen LogP contribution in [-0.4, -0.2) is 18.9 Å². The highest BCUT2D eigenvalue weighted by molar-refractivity contribution is 7.93. The molecule has 2 aromatic rings. The molecule has 0 aliphatic heterocycles. The van der Waals surface area contributed by atoms with Crippen molar-refractivity contribution in [3.05, 3.63) is 89.5 Å². The van der Waals surface area contributed by atoms with Gasteiger partial charge in [-0.2, -0.15) is 0 Å². The summed E-state index contributed by atoms with van der Waals surface area (Å²) >= 11 is 0. The summed E-state index contributed by atoms with van der Waals surface area (Å²) in [6.45, 7) is 7.88. The molecule has 0 saturated carbocycles. The van der Waals surface area contributed by atoms with Crippen molar-refractivity contribution >= 4 is 15.6 Å². The summed E-state index contributed by atoms with van der Waals surface area (Å²) in [7, 11) is -3.75. The minimum absolute atomic E-state index is 0.0258. The highest BCUT2D eigenvalue weighted by Gasteiger charge is 2.49. The largest absolute Gasteiger partial charge is 0.294 e. The van der Waals surface area contributed by atoms with Crippen molar-refractivity contribution in [1.29, 1.82) is 0 Å². The Hall–Kier alpha value is -2.46. The number of unbranched alkanes of at least 4 members (excludes halogenated alkanes) is 9. The van der Waals surface area contributed by atoms with Gasteiger partial charge in [-0.05, 0) is 38.8 Å². The molecule has 4 heteroatoms. The van der Waals surface area contributed by atoms with Gasteiger partial charge in [0.1, 0.15) is 0 Å². The fraction of sp³-hybridized carbons (Fsp3) is 0.514. The van der Waals surface area contributed by atoms with Crippen molar-refractivity contribution in [3.8, 4) is 0 Å². The van der Waals surface area contributed by atoms with Gasteiger partial charge in [-0.1, -0.05) is 143 Å². The summed E-state index contributed by atoms with van der Waals surface area (Å²) in [6, 6.07) is 16.3. The van der Waals surface area contributed by atoms with Gasteiger partial charge in [0.2, 0.25) is 0 Å². The lowest BCUT2D eigenvalue weighted by Crippen LogP contribution is -2.46. The Balaban J connectivity index is 1.74. The van der Waals surface area contributed by atoms with Crippen molar-refractivity contribution < 1.29 is 13.2 Å². The fourth-order valence-electron chi connectivity index (χ4n) is 5.82. The van der Waals surface area contributed by atoms with Gasteiger partial charge in [0.15, 0.2) is 15.6 Å². The van der Waals surface area contributed by atoms with Crippen LogP contribution in [-0.2, 0) is 9.84 Å². The van der Waals surface area contributed by atoms with Gasteiger partial charge >= 0.3 is 0 Å². The molecular weight excluding hydrogens is 500 g/mol. The van der Waals surface area contributed by atoms with E-state index in [9.17, 15) is 13.2 Å². The Morgan fingerprint density at radius 2 is 1.41 bits per heavy atom. The number of ketones is 1. The highest BCUT2D eigenvalue weighted by atomic mass is 32.2. The third-order valence-corrected chi connectivity index (χ3v) is 10.8. The topological polar surface area (TPSA) is 51.2 Å². The van der Waals surface area contributed by atoms with E-state index in [4.69, 9.17) is 0 Å². The zero-order valence-electron chi connectivity index (χ0n) is 24.5. The maximum Gasteiger partial charge on any atom is 0.187 e. The van der Waals surface area contributed by atoms with Gasteiger partial charge in [-0.25, -0.2) is 8.42 Å². The predicted octanol–water partition coefficient (Wildman–Crippen LogP) is 9.47.